The third-order valence-corrected chi connectivity index (χ3v) is 4.88. The van der Waals surface area contributed by atoms with E-state index in [1.807, 2.05) is 0 Å². The van der Waals surface area contributed by atoms with Crippen LogP contribution >= 0.6 is 43.2 Å². The van der Waals surface area contributed by atoms with E-state index < -0.39 is 0 Å². The number of hydrogen-bond donors (Lipinski definition) is 1. The molecule has 0 aliphatic carbocycles. The van der Waals surface area contributed by atoms with Crippen LogP contribution in [0.2, 0.25) is 0 Å². The Labute approximate surface area is 137 Å². The maximum Gasteiger partial charge on any atom is 0.210 e. The Hall–Kier alpha value is -0.920. The molecule has 4 nitrogen and oxygen atoms in total. The summed E-state index contributed by atoms with van der Waals surface area (Å²) in [6, 6.07) is 3.57. The van der Waals surface area contributed by atoms with E-state index in [9.17, 15) is 5.11 Å². The van der Waals surface area contributed by atoms with Crippen LogP contribution in [0.5, 0.6) is 5.75 Å². The zero-order valence-corrected chi connectivity index (χ0v) is 15.0. The fourth-order valence-electron chi connectivity index (χ4n) is 1.68. The molecule has 2 rings (SSSR count). The minimum atomic E-state index is 0.178. The Morgan fingerprint density at radius 2 is 2.00 bits per heavy atom. The highest BCUT2D eigenvalue weighted by atomic mass is 79.9. The van der Waals surface area contributed by atoms with Crippen molar-refractivity contribution in [2.75, 3.05) is 0 Å². The molecule has 0 bridgehead atoms. The number of rotatable bonds is 3. The largest absolute Gasteiger partial charge is 0.506 e. The van der Waals surface area contributed by atoms with E-state index in [2.05, 4.69) is 65.9 Å². The molecule has 106 valence electrons. The first kappa shape index (κ1) is 15.5. The van der Waals surface area contributed by atoms with Crippen molar-refractivity contribution in [3.05, 3.63) is 42.5 Å². The van der Waals surface area contributed by atoms with Crippen LogP contribution in [0.1, 0.15) is 18.2 Å². The minimum Gasteiger partial charge on any atom is -0.506 e. The molecule has 7 heteroatoms. The predicted octanol–water partition coefficient (Wildman–Crippen LogP) is 4.04. The van der Waals surface area contributed by atoms with Gasteiger partial charge in [0.05, 0.1) is 15.2 Å². The van der Waals surface area contributed by atoms with Crippen LogP contribution in [0.4, 0.5) is 0 Å². The fraction of sp³-hybridized carbons (Fsp3) is 0.231. The smallest absolute Gasteiger partial charge is 0.210 e. The van der Waals surface area contributed by atoms with Crippen molar-refractivity contribution in [2.45, 2.75) is 20.4 Å². The average molecular weight is 419 g/mol. The second-order valence-electron chi connectivity index (χ2n) is 4.08. The second-order valence-corrected chi connectivity index (χ2v) is 6.63. The maximum absolute atomic E-state index is 9.64. The molecule has 0 spiro atoms. The van der Waals surface area contributed by atoms with Gasteiger partial charge in [0.1, 0.15) is 5.75 Å². The van der Waals surface area contributed by atoms with Crippen LogP contribution in [0.3, 0.4) is 0 Å². The van der Waals surface area contributed by atoms with Crippen molar-refractivity contribution in [1.82, 2.24) is 4.57 Å². The minimum absolute atomic E-state index is 0.178. The van der Waals surface area contributed by atoms with Crippen LogP contribution < -0.4 is 4.80 Å². The van der Waals surface area contributed by atoms with Crippen molar-refractivity contribution in [3.63, 3.8) is 0 Å². The molecular weight excluding hydrogens is 406 g/mol. The molecule has 1 heterocycles. The number of benzene rings is 1. The van der Waals surface area contributed by atoms with E-state index in [-0.39, 0.29) is 5.75 Å². The molecule has 20 heavy (non-hydrogen) atoms. The lowest BCUT2D eigenvalue weighted by Crippen LogP contribution is -2.14. The lowest BCUT2D eigenvalue weighted by molar-refractivity contribution is 0.468. The van der Waals surface area contributed by atoms with Crippen molar-refractivity contribution >= 4 is 49.4 Å². The molecule has 2 aromatic rings. The summed E-state index contributed by atoms with van der Waals surface area (Å²) < 4.78 is 3.33. The molecule has 1 aromatic carbocycles. The van der Waals surface area contributed by atoms with Crippen LogP contribution in [0.25, 0.3) is 0 Å². The average Bonchev–Trinajstić information content (AvgIpc) is 2.76. The topological polar surface area (TPSA) is 49.9 Å². The number of phenols is 1. The molecule has 0 aliphatic heterocycles. The Kier molecular flexibility index (Phi) is 5.17. The maximum atomic E-state index is 9.64. The Bertz CT molecular complexity index is 696. The fourth-order valence-corrected chi connectivity index (χ4v) is 3.80. The Morgan fingerprint density at radius 1 is 1.35 bits per heavy atom. The van der Waals surface area contributed by atoms with Gasteiger partial charge in [0.25, 0.3) is 0 Å². The molecule has 0 unspecified atom stereocenters. The first-order valence-electron chi connectivity index (χ1n) is 5.93. The second kappa shape index (κ2) is 6.69. The van der Waals surface area contributed by atoms with Crippen LogP contribution in [0, 0.1) is 6.92 Å². The molecule has 0 amide bonds. The molecule has 0 aliphatic rings. The number of phenolic OH excluding ortho intramolecular Hbond substituents is 1. The highest BCUT2D eigenvalue weighted by Crippen LogP contribution is 2.32. The Balaban J connectivity index is 2.30. The van der Waals surface area contributed by atoms with E-state index in [0.29, 0.717) is 8.95 Å². The normalized spacial score (nSPS) is 12.5. The predicted molar refractivity (Wildman–Crippen MR) is 89.4 cm³/mol. The van der Waals surface area contributed by atoms with Crippen LogP contribution in [-0.2, 0) is 6.54 Å². The summed E-state index contributed by atoms with van der Waals surface area (Å²) in [6.07, 6.45) is 1.66. The summed E-state index contributed by atoms with van der Waals surface area (Å²) in [6.45, 7) is 5.01. The number of aromatic nitrogens is 1. The Morgan fingerprint density at radius 3 is 2.60 bits per heavy atom. The van der Waals surface area contributed by atoms with Crippen molar-refractivity contribution in [3.8, 4) is 5.75 Å². The monoisotopic (exact) mass is 417 g/mol. The standard InChI is InChI=1S/C13H13Br2N3OS/c1-3-18-8(2)7-20-13(18)17-16-6-9-4-10(14)12(19)11(15)5-9/h4-7,19H,3H2,1-2H3/b16-6+,17-13-. The number of nitrogens with zero attached hydrogens (tertiary/aromatic N) is 3. The van der Waals surface area contributed by atoms with Gasteiger partial charge in [-0.05, 0) is 63.4 Å². The summed E-state index contributed by atoms with van der Waals surface area (Å²) >= 11 is 8.14. The van der Waals surface area contributed by atoms with Crippen molar-refractivity contribution in [1.29, 1.82) is 0 Å². The third kappa shape index (κ3) is 3.39. The van der Waals surface area contributed by atoms with E-state index in [1.165, 1.54) is 5.69 Å². The number of hydrogen-bond acceptors (Lipinski definition) is 4. The molecule has 0 fully saturated rings. The van der Waals surface area contributed by atoms with Gasteiger partial charge in [-0.2, -0.15) is 5.10 Å². The summed E-state index contributed by atoms with van der Waals surface area (Å²) in [5, 5.41) is 20.0. The molecular formula is C13H13Br2N3OS. The molecule has 0 atom stereocenters. The van der Waals surface area contributed by atoms with Gasteiger partial charge in [-0.1, -0.05) is 0 Å². The van der Waals surface area contributed by atoms with Gasteiger partial charge in [-0.25, -0.2) is 0 Å². The van der Waals surface area contributed by atoms with E-state index >= 15 is 0 Å². The SMILES string of the molecule is CCn1c(C)cs/c1=N\N=C\c1cc(Br)c(O)c(Br)c1. The number of thiazole rings is 1. The van der Waals surface area contributed by atoms with E-state index in [4.69, 9.17) is 0 Å². The van der Waals surface area contributed by atoms with Crippen LogP contribution in [-0.4, -0.2) is 15.9 Å². The number of halogens is 2. The summed E-state index contributed by atoms with van der Waals surface area (Å²) in [5.41, 5.74) is 2.03. The first-order chi connectivity index (χ1) is 9.52. The molecule has 1 N–H and O–H groups in total. The van der Waals surface area contributed by atoms with Crippen molar-refractivity contribution in [2.24, 2.45) is 10.2 Å². The lowest BCUT2D eigenvalue weighted by atomic mass is 10.2. The zero-order valence-electron chi connectivity index (χ0n) is 11.0. The summed E-state index contributed by atoms with van der Waals surface area (Å²) in [4.78, 5) is 0.873. The number of aryl methyl sites for hydroxylation is 1. The summed E-state index contributed by atoms with van der Waals surface area (Å²) in [7, 11) is 0. The highest BCUT2D eigenvalue weighted by Gasteiger charge is 2.04. The van der Waals surface area contributed by atoms with Crippen molar-refractivity contribution < 1.29 is 5.11 Å². The van der Waals surface area contributed by atoms with E-state index in [0.717, 1.165) is 16.9 Å². The van der Waals surface area contributed by atoms with Crippen LogP contribution in [0.15, 0.2) is 36.7 Å². The first-order valence-corrected chi connectivity index (χ1v) is 8.39. The van der Waals surface area contributed by atoms with E-state index in [1.54, 1.807) is 29.7 Å². The van der Waals surface area contributed by atoms with Gasteiger partial charge < -0.3 is 9.67 Å². The zero-order chi connectivity index (χ0) is 14.7. The molecule has 0 saturated carbocycles. The van der Waals surface area contributed by atoms with Gasteiger partial charge in [0, 0.05) is 17.6 Å². The van der Waals surface area contributed by atoms with Gasteiger partial charge in [0.15, 0.2) is 0 Å². The number of aromatic hydroxyl groups is 1. The lowest BCUT2D eigenvalue weighted by Gasteiger charge is -2.01. The van der Waals surface area contributed by atoms with Gasteiger partial charge in [-0.15, -0.1) is 16.4 Å². The quantitative estimate of drug-likeness (QED) is 0.593. The molecule has 1 aromatic heterocycles. The molecule has 0 saturated heterocycles. The summed E-state index contributed by atoms with van der Waals surface area (Å²) in [5.74, 6) is 0.178. The van der Waals surface area contributed by atoms with Gasteiger partial charge >= 0.3 is 0 Å². The van der Waals surface area contributed by atoms with Gasteiger partial charge in [0.2, 0.25) is 4.80 Å². The molecule has 0 radical (unpaired) electrons. The van der Waals surface area contributed by atoms with Gasteiger partial charge in [-0.3, -0.25) is 0 Å². The third-order valence-electron chi connectivity index (χ3n) is 2.70. The highest BCUT2D eigenvalue weighted by molar-refractivity contribution is 9.11.